The minimum Gasteiger partial charge on any atom is -0.493 e. The van der Waals surface area contributed by atoms with Crippen LogP contribution in [0.2, 0.25) is 0 Å². The van der Waals surface area contributed by atoms with Crippen LogP contribution in [0.25, 0.3) is 0 Å². The Hall–Kier alpha value is -1.88. The Bertz CT molecular complexity index is 536. The summed E-state index contributed by atoms with van der Waals surface area (Å²) in [6.45, 7) is 7.17. The molecule has 0 aromatic carbocycles. The highest BCUT2D eigenvalue weighted by atomic mass is 16.5. The maximum absolute atomic E-state index is 5.48. The van der Waals surface area contributed by atoms with Crippen LogP contribution in [0.4, 0.5) is 0 Å². The quantitative estimate of drug-likeness (QED) is 0.879. The number of hydrogen-bond acceptors (Lipinski definition) is 4. The van der Waals surface area contributed by atoms with Crippen molar-refractivity contribution in [3.05, 3.63) is 42.0 Å². The maximum atomic E-state index is 5.48. The fourth-order valence-electron chi connectivity index (χ4n) is 2.32. The first kappa shape index (κ1) is 14.5. The number of nitrogens with zero attached hydrogens (tertiary/aromatic N) is 3. The highest BCUT2D eigenvalue weighted by Gasteiger charge is 2.24. The van der Waals surface area contributed by atoms with E-state index in [1.54, 1.807) is 19.5 Å². The minimum atomic E-state index is 0.0218. The van der Waals surface area contributed by atoms with Crippen molar-refractivity contribution in [2.24, 2.45) is 0 Å². The normalized spacial score (nSPS) is 12.7. The first-order valence-corrected chi connectivity index (χ1v) is 6.93. The Kier molecular flexibility index (Phi) is 4.74. The minimum absolute atomic E-state index is 0.0218. The Morgan fingerprint density at radius 2 is 2.15 bits per heavy atom. The van der Waals surface area contributed by atoms with Gasteiger partial charge in [0, 0.05) is 18.4 Å². The molecule has 2 heterocycles. The lowest BCUT2D eigenvalue weighted by atomic mass is 10.0. The molecular weight excluding hydrogens is 252 g/mol. The number of nitrogens with one attached hydrogen (secondary N) is 1. The van der Waals surface area contributed by atoms with E-state index >= 15 is 0 Å². The predicted molar refractivity (Wildman–Crippen MR) is 78.9 cm³/mol. The smallest absolute Gasteiger partial charge is 0.161 e. The highest BCUT2D eigenvalue weighted by Crippen LogP contribution is 2.31. The molecule has 2 aromatic heterocycles. The third-order valence-electron chi connectivity index (χ3n) is 3.21. The Morgan fingerprint density at radius 3 is 2.70 bits per heavy atom. The summed E-state index contributed by atoms with van der Waals surface area (Å²) in [5.74, 6) is 0.800. The van der Waals surface area contributed by atoms with Crippen molar-refractivity contribution in [1.82, 2.24) is 20.1 Å². The van der Waals surface area contributed by atoms with Gasteiger partial charge < -0.3 is 10.1 Å². The number of methoxy groups -OCH3 is 1. The third kappa shape index (κ3) is 2.82. The predicted octanol–water partition coefficient (Wildman–Crippen LogP) is 2.57. The SMILES string of the molecule is CCNC(c1cccnc1)c1c(OC)cnn1C(C)C. The van der Waals surface area contributed by atoms with E-state index < -0.39 is 0 Å². The average Bonchev–Trinajstić information content (AvgIpc) is 2.89. The molecule has 0 saturated heterocycles. The molecular formula is C15H22N4O. The molecule has 0 bridgehead atoms. The van der Waals surface area contributed by atoms with Crippen molar-refractivity contribution in [3.63, 3.8) is 0 Å². The van der Waals surface area contributed by atoms with Gasteiger partial charge in [0.15, 0.2) is 5.75 Å². The maximum Gasteiger partial charge on any atom is 0.161 e. The number of ether oxygens (including phenoxy) is 1. The molecule has 0 spiro atoms. The summed E-state index contributed by atoms with van der Waals surface area (Å²) in [4.78, 5) is 4.22. The lowest BCUT2D eigenvalue weighted by Gasteiger charge is -2.22. The number of hydrogen-bond donors (Lipinski definition) is 1. The van der Waals surface area contributed by atoms with Crippen molar-refractivity contribution in [3.8, 4) is 5.75 Å². The molecule has 5 heteroatoms. The van der Waals surface area contributed by atoms with Crippen molar-refractivity contribution in [2.45, 2.75) is 32.9 Å². The highest BCUT2D eigenvalue weighted by molar-refractivity contribution is 5.35. The van der Waals surface area contributed by atoms with Crippen LogP contribution in [-0.4, -0.2) is 28.4 Å². The summed E-state index contributed by atoms with van der Waals surface area (Å²) >= 11 is 0. The van der Waals surface area contributed by atoms with E-state index in [4.69, 9.17) is 4.74 Å². The molecule has 0 saturated carbocycles. The van der Waals surface area contributed by atoms with E-state index in [1.807, 2.05) is 16.9 Å². The summed E-state index contributed by atoms with van der Waals surface area (Å²) in [5, 5.41) is 7.94. The van der Waals surface area contributed by atoms with E-state index in [2.05, 4.69) is 42.2 Å². The van der Waals surface area contributed by atoms with Gasteiger partial charge in [-0.3, -0.25) is 9.67 Å². The van der Waals surface area contributed by atoms with Gasteiger partial charge in [-0.25, -0.2) is 0 Å². The molecule has 2 rings (SSSR count). The lowest BCUT2D eigenvalue weighted by molar-refractivity contribution is 0.394. The molecule has 1 atom stereocenters. The second kappa shape index (κ2) is 6.52. The van der Waals surface area contributed by atoms with Crippen molar-refractivity contribution < 1.29 is 4.74 Å². The zero-order valence-corrected chi connectivity index (χ0v) is 12.5. The molecule has 20 heavy (non-hydrogen) atoms. The zero-order chi connectivity index (χ0) is 14.5. The molecule has 0 aliphatic heterocycles. The molecule has 0 radical (unpaired) electrons. The Morgan fingerprint density at radius 1 is 1.35 bits per heavy atom. The molecule has 0 aliphatic rings. The summed E-state index contributed by atoms with van der Waals surface area (Å²) in [7, 11) is 1.68. The van der Waals surface area contributed by atoms with Gasteiger partial charge in [-0.2, -0.15) is 5.10 Å². The van der Waals surface area contributed by atoms with Gasteiger partial charge >= 0.3 is 0 Å². The van der Waals surface area contributed by atoms with Crippen LogP contribution < -0.4 is 10.1 Å². The van der Waals surface area contributed by atoms with Crippen LogP contribution in [0.3, 0.4) is 0 Å². The van der Waals surface area contributed by atoms with Gasteiger partial charge in [0.1, 0.15) is 5.69 Å². The fourth-order valence-corrected chi connectivity index (χ4v) is 2.32. The molecule has 0 fully saturated rings. The summed E-state index contributed by atoms with van der Waals surface area (Å²) in [5.41, 5.74) is 2.15. The van der Waals surface area contributed by atoms with Gasteiger partial charge in [0.25, 0.3) is 0 Å². The van der Waals surface area contributed by atoms with Crippen molar-refractivity contribution in [1.29, 1.82) is 0 Å². The number of pyridine rings is 1. The lowest BCUT2D eigenvalue weighted by Crippen LogP contribution is -2.26. The zero-order valence-electron chi connectivity index (χ0n) is 12.5. The van der Waals surface area contributed by atoms with Crippen LogP contribution in [0.15, 0.2) is 30.7 Å². The number of rotatable bonds is 6. The van der Waals surface area contributed by atoms with Crippen molar-refractivity contribution >= 4 is 0 Å². The first-order chi connectivity index (χ1) is 9.69. The van der Waals surface area contributed by atoms with E-state index in [0.29, 0.717) is 0 Å². The van der Waals surface area contributed by atoms with Gasteiger partial charge in [0.05, 0.1) is 19.3 Å². The van der Waals surface area contributed by atoms with Gasteiger partial charge in [-0.1, -0.05) is 13.0 Å². The van der Waals surface area contributed by atoms with Crippen LogP contribution in [0, 0.1) is 0 Å². The van der Waals surface area contributed by atoms with E-state index in [1.165, 1.54) is 0 Å². The standard InChI is InChI=1S/C15H22N4O/c1-5-17-14(12-7-6-8-16-9-12)15-13(20-4)10-18-19(15)11(2)3/h6-11,14,17H,5H2,1-4H3. The average molecular weight is 274 g/mol. The van der Waals surface area contributed by atoms with E-state index in [0.717, 1.165) is 23.6 Å². The number of aromatic nitrogens is 3. The second-order valence-electron chi connectivity index (χ2n) is 4.91. The molecule has 1 unspecified atom stereocenters. The topological polar surface area (TPSA) is 52.0 Å². The van der Waals surface area contributed by atoms with Crippen LogP contribution in [-0.2, 0) is 0 Å². The van der Waals surface area contributed by atoms with E-state index in [9.17, 15) is 0 Å². The fraction of sp³-hybridized carbons (Fsp3) is 0.467. The van der Waals surface area contributed by atoms with Gasteiger partial charge in [0.2, 0.25) is 0 Å². The molecule has 0 aliphatic carbocycles. The molecule has 1 N–H and O–H groups in total. The van der Waals surface area contributed by atoms with Gasteiger partial charge in [-0.05, 0) is 32.0 Å². The summed E-state index contributed by atoms with van der Waals surface area (Å²) in [6, 6.07) is 4.31. The van der Waals surface area contributed by atoms with Crippen LogP contribution in [0.5, 0.6) is 5.75 Å². The largest absolute Gasteiger partial charge is 0.493 e. The van der Waals surface area contributed by atoms with Crippen molar-refractivity contribution in [2.75, 3.05) is 13.7 Å². The second-order valence-corrected chi connectivity index (χ2v) is 4.91. The Balaban J connectivity index is 2.51. The Labute approximate surface area is 120 Å². The third-order valence-corrected chi connectivity index (χ3v) is 3.21. The monoisotopic (exact) mass is 274 g/mol. The summed E-state index contributed by atoms with van der Waals surface area (Å²) < 4.78 is 7.48. The van der Waals surface area contributed by atoms with Crippen LogP contribution in [0.1, 0.15) is 44.1 Å². The van der Waals surface area contributed by atoms with Gasteiger partial charge in [-0.15, -0.1) is 0 Å². The molecule has 2 aromatic rings. The summed E-state index contributed by atoms with van der Waals surface area (Å²) in [6.07, 6.45) is 5.43. The molecule has 108 valence electrons. The van der Waals surface area contributed by atoms with E-state index in [-0.39, 0.29) is 12.1 Å². The molecule has 0 amide bonds. The first-order valence-electron chi connectivity index (χ1n) is 6.93. The molecule has 5 nitrogen and oxygen atoms in total. The van der Waals surface area contributed by atoms with Crippen LogP contribution >= 0.6 is 0 Å².